The fourth-order valence-electron chi connectivity index (χ4n) is 2.22. The second-order valence-electron chi connectivity index (χ2n) is 4.34. The minimum absolute atomic E-state index is 0.184. The van der Waals surface area contributed by atoms with E-state index < -0.39 is 0 Å². The van der Waals surface area contributed by atoms with Crippen LogP contribution in [0.3, 0.4) is 0 Å². The molecule has 0 aromatic heterocycles. The molecule has 1 fully saturated rings. The lowest BCUT2D eigenvalue weighted by molar-refractivity contribution is 0.138. The molecule has 0 saturated heterocycles. The van der Waals surface area contributed by atoms with Crippen LogP contribution >= 0.6 is 11.6 Å². The molecule has 3 nitrogen and oxygen atoms in total. The Balaban J connectivity index is 1.99. The first kappa shape index (κ1) is 11.6. The van der Waals surface area contributed by atoms with Gasteiger partial charge in [0.15, 0.2) is 0 Å². The minimum Gasteiger partial charge on any atom is -0.397 e. The zero-order valence-electron chi connectivity index (χ0n) is 9.12. The standard InChI is InChI=1S/C12H17ClN2O/c13-9-4-2-5-10(14)12(9)15-7-8-3-1-6-11(8)16/h2,4-5,8,11,15-16H,1,3,6-7,14H2. The highest BCUT2D eigenvalue weighted by Crippen LogP contribution is 2.30. The predicted octanol–water partition coefficient (Wildman–Crippen LogP) is 2.50. The number of para-hydroxylation sites is 1. The van der Waals surface area contributed by atoms with Gasteiger partial charge in [0.05, 0.1) is 22.5 Å². The largest absolute Gasteiger partial charge is 0.397 e. The number of anilines is 2. The monoisotopic (exact) mass is 240 g/mol. The molecule has 4 heteroatoms. The Morgan fingerprint density at radius 1 is 1.44 bits per heavy atom. The van der Waals surface area contributed by atoms with Crippen molar-refractivity contribution in [2.45, 2.75) is 25.4 Å². The van der Waals surface area contributed by atoms with E-state index in [1.54, 1.807) is 0 Å². The number of halogens is 1. The highest BCUT2D eigenvalue weighted by molar-refractivity contribution is 6.33. The maximum atomic E-state index is 9.70. The summed E-state index contributed by atoms with van der Waals surface area (Å²) in [5.41, 5.74) is 7.26. The molecule has 2 unspecified atom stereocenters. The van der Waals surface area contributed by atoms with Gasteiger partial charge in [0.2, 0.25) is 0 Å². The van der Waals surface area contributed by atoms with Crippen LogP contribution in [0.2, 0.25) is 5.02 Å². The average Bonchev–Trinajstić information content (AvgIpc) is 2.64. The van der Waals surface area contributed by atoms with E-state index in [4.69, 9.17) is 17.3 Å². The van der Waals surface area contributed by atoms with Crippen LogP contribution in [0.15, 0.2) is 18.2 Å². The van der Waals surface area contributed by atoms with Gasteiger partial charge in [0.1, 0.15) is 0 Å². The van der Waals surface area contributed by atoms with Gasteiger partial charge in [0, 0.05) is 12.5 Å². The molecular weight excluding hydrogens is 224 g/mol. The maximum absolute atomic E-state index is 9.70. The van der Waals surface area contributed by atoms with Crippen LogP contribution in [0.1, 0.15) is 19.3 Å². The summed E-state index contributed by atoms with van der Waals surface area (Å²) in [6, 6.07) is 5.46. The second-order valence-corrected chi connectivity index (χ2v) is 4.75. The van der Waals surface area contributed by atoms with Gasteiger partial charge < -0.3 is 16.2 Å². The van der Waals surface area contributed by atoms with Crippen molar-refractivity contribution in [3.8, 4) is 0 Å². The molecule has 2 rings (SSSR count). The molecule has 1 aromatic rings. The van der Waals surface area contributed by atoms with E-state index in [2.05, 4.69) is 5.32 Å². The first-order valence-corrected chi connectivity index (χ1v) is 6.02. The van der Waals surface area contributed by atoms with Gasteiger partial charge in [-0.25, -0.2) is 0 Å². The van der Waals surface area contributed by atoms with Crippen LogP contribution in [0.5, 0.6) is 0 Å². The molecule has 1 aliphatic carbocycles. The first-order chi connectivity index (χ1) is 7.68. The Labute approximate surface area is 101 Å². The van der Waals surface area contributed by atoms with Gasteiger partial charge in [-0.3, -0.25) is 0 Å². The summed E-state index contributed by atoms with van der Waals surface area (Å²) in [6.07, 6.45) is 2.89. The number of aliphatic hydroxyl groups excluding tert-OH is 1. The summed E-state index contributed by atoms with van der Waals surface area (Å²) in [5, 5.41) is 13.6. The molecule has 0 radical (unpaired) electrons. The fraction of sp³-hybridized carbons (Fsp3) is 0.500. The lowest BCUT2D eigenvalue weighted by Crippen LogP contribution is -2.22. The number of hydrogen-bond donors (Lipinski definition) is 3. The molecule has 0 aliphatic heterocycles. The van der Waals surface area contributed by atoms with Gasteiger partial charge in [-0.15, -0.1) is 0 Å². The Morgan fingerprint density at radius 2 is 2.25 bits per heavy atom. The summed E-state index contributed by atoms with van der Waals surface area (Å²) < 4.78 is 0. The van der Waals surface area contributed by atoms with Gasteiger partial charge in [-0.2, -0.15) is 0 Å². The normalized spacial score (nSPS) is 24.6. The average molecular weight is 241 g/mol. The maximum Gasteiger partial charge on any atom is 0.0763 e. The quantitative estimate of drug-likeness (QED) is 0.712. The van der Waals surface area contributed by atoms with E-state index in [0.29, 0.717) is 16.6 Å². The van der Waals surface area contributed by atoms with Crippen molar-refractivity contribution in [3.05, 3.63) is 23.2 Å². The number of aliphatic hydroxyl groups is 1. The Kier molecular flexibility index (Phi) is 3.56. The van der Waals surface area contributed by atoms with Gasteiger partial charge >= 0.3 is 0 Å². The van der Waals surface area contributed by atoms with E-state index in [1.807, 2.05) is 18.2 Å². The van der Waals surface area contributed by atoms with Crippen LogP contribution in [0, 0.1) is 5.92 Å². The molecule has 88 valence electrons. The Hall–Kier alpha value is -0.930. The van der Waals surface area contributed by atoms with Gasteiger partial charge in [-0.1, -0.05) is 24.1 Å². The van der Waals surface area contributed by atoms with Crippen LogP contribution < -0.4 is 11.1 Å². The third-order valence-electron chi connectivity index (χ3n) is 3.21. The summed E-state index contributed by atoms with van der Waals surface area (Å²) in [6.45, 7) is 0.731. The number of nitrogens with two attached hydrogens (primary N) is 1. The smallest absolute Gasteiger partial charge is 0.0763 e. The molecule has 0 heterocycles. The summed E-state index contributed by atoms with van der Waals surface area (Å²) in [7, 11) is 0. The van der Waals surface area contributed by atoms with Gasteiger partial charge in [0.25, 0.3) is 0 Å². The third-order valence-corrected chi connectivity index (χ3v) is 3.52. The third kappa shape index (κ3) is 2.42. The van der Waals surface area contributed by atoms with E-state index in [1.165, 1.54) is 0 Å². The van der Waals surface area contributed by atoms with Crippen LogP contribution in [0.4, 0.5) is 11.4 Å². The Morgan fingerprint density at radius 3 is 2.88 bits per heavy atom. The van der Waals surface area contributed by atoms with Crippen molar-refractivity contribution >= 4 is 23.0 Å². The van der Waals surface area contributed by atoms with E-state index in [-0.39, 0.29) is 6.10 Å². The molecule has 16 heavy (non-hydrogen) atoms. The number of benzene rings is 1. The van der Waals surface area contributed by atoms with Crippen LogP contribution in [-0.2, 0) is 0 Å². The Bertz CT molecular complexity index is 350. The SMILES string of the molecule is Nc1cccc(Cl)c1NCC1CCCC1O. The molecule has 4 N–H and O–H groups in total. The molecule has 1 saturated carbocycles. The number of hydrogen-bond acceptors (Lipinski definition) is 3. The van der Waals surface area contributed by atoms with Crippen LogP contribution in [0.25, 0.3) is 0 Å². The molecule has 0 amide bonds. The van der Waals surface area contributed by atoms with Crippen molar-refractivity contribution in [2.75, 3.05) is 17.6 Å². The zero-order chi connectivity index (χ0) is 11.5. The molecule has 1 aromatic carbocycles. The zero-order valence-corrected chi connectivity index (χ0v) is 9.87. The molecule has 0 spiro atoms. The number of nitrogen functional groups attached to an aromatic ring is 1. The topological polar surface area (TPSA) is 58.3 Å². The van der Waals surface area contributed by atoms with E-state index in [0.717, 1.165) is 31.5 Å². The molecule has 2 atom stereocenters. The summed E-state index contributed by atoms with van der Waals surface area (Å²) in [4.78, 5) is 0. The van der Waals surface area contributed by atoms with Crippen molar-refractivity contribution in [3.63, 3.8) is 0 Å². The van der Waals surface area contributed by atoms with Crippen LogP contribution in [-0.4, -0.2) is 17.8 Å². The minimum atomic E-state index is -0.184. The van der Waals surface area contributed by atoms with Crippen molar-refractivity contribution in [1.82, 2.24) is 0 Å². The summed E-state index contributed by atoms with van der Waals surface area (Å²) in [5.74, 6) is 0.315. The highest BCUT2D eigenvalue weighted by atomic mass is 35.5. The fourth-order valence-corrected chi connectivity index (χ4v) is 2.46. The molecule has 1 aliphatic rings. The lowest BCUT2D eigenvalue weighted by atomic mass is 10.1. The predicted molar refractivity (Wildman–Crippen MR) is 67.7 cm³/mol. The molecule has 0 bridgehead atoms. The molecular formula is C12H17ClN2O. The number of nitrogens with one attached hydrogen (secondary N) is 1. The lowest BCUT2D eigenvalue weighted by Gasteiger charge is -2.17. The van der Waals surface area contributed by atoms with Gasteiger partial charge in [-0.05, 0) is 25.0 Å². The number of rotatable bonds is 3. The first-order valence-electron chi connectivity index (χ1n) is 5.64. The van der Waals surface area contributed by atoms with E-state index >= 15 is 0 Å². The second kappa shape index (κ2) is 4.93. The van der Waals surface area contributed by atoms with Crippen molar-refractivity contribution in [2.24, 2.45) is 5.92 Å². The van der Waals surface area contributed by atoms with E-state index in [9.17, 15) is 5.11 Å². The van der Waals surface area contributed by atoms with Crippen molar-refractivity contribution < 1.29 is 5.11 Å². The summed E-state index contributed by atoms with van der Waals surface area (Å²) >= 11 is 6.05. The van der Waals surface area contributed by atoms with Crippen molar-refractivity contribution in [1.29, 1.82) is 0 Å². The highest BCUT2D eigenvalue weighted by Gasteiger charge is 2.25.